The van der Waals surface area contributed by atoms with E-state index < -0.39 is 0 Å². The molecule has 0 spiro atoms. The molecule has 0 heterocycles. The molecule has 0 unspecified atom stereocenters. The van der Waals surface area contributed by atoms with Crippen molar-refractivity contribution in [2.24, 2.45) is 0 Å². The van der Waals surface area contributed by atoms with Gasteiger partial charge in [-0.2, -0.15) is 0 Å². The summed E-state index contributed by atoms with van der Waals surface area (Å²) in [7, 11) is 0. The van der Waals surface area contributed by atoms with Crippen molar-refractivity contribution in [2.75, 3.05) is 0 Å². The van der Waals surface area contributed by atoms with Crippen LogP contribution in [0.4, 0.5) is 0 Å². The monoisotopic (exact) mass is 224 g/mol. The van der Waals surface area contributed by atoms with E-state index in [-0.39, 0.29) is 0 Å². The topological polar surface area (TPSA) is 0 Å². The molecule has 0 saturated carbocycles. The van der Waals surface area contributed by atoms with Crippen LogP contribution in [0.5, 0.6) is 0 Å². The third kappa shape index (κ3) is 2.76. The van der Waals surface area contributed by atoms with Crippen molar-refractivity contribution >= 4 is 0 Å². The van der Waals surface area contributed by atoms with E-state index in [0.717, 1.165) is 6.42 Å². The summed E-state index contributed by atoms with van der Waals surface area (Å²) in [5, 5.41) is 0. The summed E-state index contributed by atoms with van der Waals surface area (Å²) < 4.78 is 0. The van der Waals surface area contributed by atoms with E-state index in [1.165, 1.54) is 35.1 Å². The summed E-state index contributed by atoms with van der Waals surface area (Å²) in [4.78, 5) is 0. The average molecular weight is 224 g/mol. The van der Waals surface area contributed by atoms with Gasteiger partial charge in [0, 0.05) is 0 Å². The third-order valence-electron chi connectivity index (χ3n) is 3.17. The van der Waals surface area contributed by atoms with Crippen molar-refractivity contribution < 1.29 is 0 Å². The summed E-state index contributed by atoms with van der Waals surface area (Å²) in [6.07, 6.45) is 3.47. The molecule has 0 saturated heterocycles. The Kier molecular flexibility index (Phi) is 3.98. The van der Waals surface area contributed by atoms with Crippen LogP contribution in [0.15, 0.2) is 48.5 Å². The van der Waals surface area contributed by atoms with Crippen molar-refractivity contribution in [2.45, 2.75) is 33.1 Å². The largest absolute Gasteiger partial charge is 0.0651 e. The second-order valence-corrected chi connectivity index (χ2v) is 4.46. The Morgan fingerprint density at radius 1 is 0.882 bits per heavy atom. The van der Waals surface area contributed by atoms with E-state index in [0.29, 0.717) is 0 Å². The standard InChI is InChI=1S/C17H20/c1-3-8-14-9-7-11-16(13-14)17-12-6-5-10-15(17)4-2/h5-7,9-13H,3-4,8H2,1-2H3. The molecule has 0 nitrogen and oxygen atoms in total. The van der Waals surface area contributed by atoms with Gasteiger partial charge in [-0.15, -0.1) is 0 Å². The summed E-state index contributed by atoms with van der Waals surface area (Å²) in [6, 6.07) is 17.6. The van der Waals surface area contributed by atoms with Crippen LogP contribution in [0.3, 0.4) is 0 Å². The van der Waals surface area contributed by atoms with Gasteiger partial charge >= 0.3 is 0 Å². The van der Waals surface area contributed by atoms with E-state index in [9.17, 15) is 0 Å². The average Bonchev–Trinajstić information content (AvgIpc) is 2.39. The van der Waals surface area contributed by atoms with Gasteiger partial charge in [-0.1, -0.05) is 68.8 Å². The van der Waals surface area contributed by atoms with Gasteiger partial charge in [0.1, 0.15) is 0 Å². The Morgan fingerprint density at radius 3 is 2.47 bits per heavy atom. The van der Waals surface area contributed by atoms with E-state index in [1.54, 1.807) is 0 Å². The van der Waals surface area contributed by atoms with Crippen molar-refractivity contribution in [3.8, 4) is 11.1 Å². The lowest BCUT2D eigenvalue weighted by Crippen LogP contribution is -1.89. The van der Waals surface area contributed by atoms with Crippen molar-refractivity contribution in [3.05, 3.63) is 59.7 Å². The van der Waals surface area contributed by atoms with E-state index in [4.69, 9.17) is 0 Å². The second-order valence-electron chi connectivity index (χ2n) is 4.46. The second kappa shape index (κ2) is 5.67. The first-order chi connectivity index (χ1) is 8.35. The number of rotatable bonds is 4. The molecule has 17 heavy (non-hydrogen) atoms. The molecule has 0 N–H and O–H groups in total. The van der Waals surface area contributed by atoms with E-state index in [1.807, 2.05) is 0 Å². The smallest absolute Gasteiger partial charge is 0.0152 e. The fourth-order valence-corrected chi connectivity index (χ4v) is 2.29. The molecule has 2 aromatic rings. The van der Waals surface area contributed by atoms with Crippen LogP contribution in [0, 0.1) is 0 Å². The summed E-state index contributed by atoms with van der Waals surface area (Å²) in [5.41, 5.74) is 5.61. The van der Waals surface area contributed by atoms with Crippen LogP contribution in [0.2, 0.25) is 0 Å². The van der Waals surface area contributed by atoms with Gasteiger partial charge < -0.3 is 0 Å². The van der Waals surface area contributed by atoms with Crippen LogP contribution in [-0.2, 0) is 12.8 Å². The molecule has 0 aliphatic carbocycles. The minimum atomic E-state index is 1.09. The van der Waals surface area contributed by atoms with Gasteiger partial charge in [0.15, 0.2) is 0 Å². The minimum Gasteiger partial charge on any atom is -0.0651 e. The molecular weight excluding hydrogens is 204 g/mol. The highest BCUT2D eigenvalue weighted by Crippen LogP contribution is 2.25. The van der Waals surface area contributed by atoms with Crippen LogP contribution < -0.4 is 0 Å². The molecule has 0 bridgehead atoms. The van der Waals surface area contributed by atoms with Gasteiger partial charge in [0.25, 0.3) is 0 Å². The molecule has 0 heteroatoms. The normalized spacial score (nSPS) is 10.5. The quantitative estimate of drug-likeness (QED) is 0.695. The number of aryl methyl sites for hydroxylation is 2. The lowest BCUT2D eigenvalue weighted by atomic mass is 9.96. The number of hydrogen-bond donors (Lipinski definition) is 0. The predicted molar refractivity (Wildman–Crippen MR) is 75.3 cm³/mol. The maximum absolute atomic E-state index is 2.33. The van der Waals surface area contributed by atoms with Crippen LogP contribution >= 0.6 is 0 Å². The first-order valence-corrected chi connectivity index (χ1v) is 6.52. The van der Waals surface area contributed by atoms with E-state index >= 15 is 0 Å². The van der Waals surface area contributed by atoms with E-state index in [2.05, 4.69) is 62.4 Å². The van der Waals surface area contributed by atoms with Crippen molar-refractivity contribution in [3.63, 3.8) is 0 Å². The highest BCUT2D eigenvalue weighted by Gasteiger charge is 2.03. The maximum Gasteiger partial charge on any atom is -0.0152 e. The van der Waals surface area contributed by atoms with Crippen LogP contribution in [-0.4, -0.2) is 0 Å². The van der Waals surface area contributed by atoms with Gasteiger partial charge in [-0.05, 0) is 35.1 Å². The Balaban J connectivity index is 2.41. The maximum atomic E-state index is 2.33. The predicted octanol–water partition coefficient (Wildman–Crippen LogP) is 4.87. The zero-order valence-corrected chi connectivity index (χ0v) is 10.7. The fourth-order valence-electron chi connectivity index (χ4n) is 2.29. The van der Waals surface area contributed by atoms with Crippen molar-refractivity contribution in [1.82, 2.24) is 0 Å². The van der Waals surface area contributed by atoms with Gasteiger partial charge in [-0.3, -0.25) is 0 Å². The molecule has 0 aliphatic heterocycles. The van der Waals surface area contributed by atoms with Crippen LogP contribution in [0.25, 0.3) is 11.1 Å². The molecule has 0 fully saturated rings. The SMILES string of the molecule is CCCc1cccc(-c2ccccc2CC)c1. The molecule has 0 aliphatic rings. The highest BCUT2D eigenvalue weighted by molar-refractivity contribution is 5.68. The Morgan fingerprint density at radius 2 is 1.71 bits per heavy atom. The Labute approximate surface area is 104 Å². The molecule has 88 valence electrons. The van der Waals surface area contributed by atoms with Crippen molar-refractivity contribution in [1.29, 1.82) is 0 Å². The minimum absolute atomic E-state index is 1.09. The van der Waals surface area contributed by atoms with Gasteiger partial charge in [0.2, 0.25) is 0 Å². The third-order valence-corrected chi connectivity index (χ3v) is 3.17. The number of hydrogen-bond acceptors (Lipinski definition) is 0. The summed E-state index contributed by atoms with van der Waals surface area (Å²) >= 11 is 0. The highest BCUT2D eigenvalue weighted by atomic mass is 14.1. The lowest BCUT2D eigenvalue weighted by Gasteiger charge is -2.09. The first kappa shape index (κ1) is 11.9. The molecule has 0 amide bonds. The molecule has 0 aromatic heterocycles. The van der Waals surface area contributed by atoms with Crippen LogP contribution in [0.1, 0.15) is 31.4 Å². The first-order valence-electron chi connectivity index (χ1n) is 6.52. The zero-order chi connectivity index (χ0) is 12.1. The Hall–Kier alpha value is -1.56. The Bertz CT molecular complexity index is 483. The molecule has 2 rings (SSSR count). The van der Waals surface area contributed by atoms with Gasteiger partial charge in [0.05, 0.1) is 0 Å². The molecule has 0 atom stereocenters. The fraction of sp³-hybridized carbons (Fsp3) is 0.294. The number of benzene rings is 2. The zero-order valence-electron chi connectivity index (χ0n) is 10.7. The lowest BCUT2D eigenvalue weighted by molar-refractivity contribution is 0.922. The van der Waals surface area contributed by atoms with Gasteiger partial charge in [-0.25, -0.2) is 0 Å². The molecule has 0 radical (unpaired) electrons. The molecular formula is C17H20. The summed E-state index contributed by atoms with van der Waals surface area (Å²) in [5.74, 6) is 0. The molecule has 2 aromatic carbocycles. The summed E-state index contributed by atoms with van der Waals surface area (Å²) in [6.45, 7) is 4.45.